The monoisotopic (exact) mass is 1210 g/mol. The van der Waals surface area contributed by atoms with Gasteiger partial charge in [-0.15, -0.1) is 0 Å². The molecule has 0 spiro atoms. The van der Waals surface area contributed by atoms with E-state index in [4.69, 9.17) is 52.3 Å². The van der Waals surface area contributed by atoms with Gasteiger partial charge in [-0.05, 0) is 46.5 Å². The zero-order valence-electron chi connectivity index (χ0n) is 46.5. The number of aliphatic carboxylic acids is 9. The minimum Gasteiger partial charge on any atom is -0.481 e. The molecule has 0 aliphatic rings. The number of Topliss-reactive ketones (excluding diaryl/α,β-unsaturated/α-hetero) is 4. The molecule has 0 aliphatic carbocycles. The number of nitrogens with two attached hydrogens (primary N) is 2. The van der Waals surface area contributed by atoms with Crippen LogP contribution in [0.3, 0.4) is 0 Å². The maximum Gasteiger partial charge on any atom is 1.00 e. The van der Waals surface area contributed by atoms with Crippen molar-refractivity contribution in [3.05, 3.63) is 144 Å². The molecule has 8 aromatic rings. The molecule has 30 nitrogen and oxygen atoms in total. The van der Waals surface area contributed by atoms with Crippen LogP contribution < -0.4 is 11.5 Å². The second-order valence-electron chi connectivity index (χ2n) is 18.7. The van der Waals surface area contributed by atoms with E-state index in [0.717, 1.165) is 56.3 Å². The second kappa shape index (κ2) is 32.0. The number of carboxylic acids is 9. The normalized spacial score (nSPS) is 12.5. The molecular formula is C57H59N6O24+. The number of aliphatic hydroxyl groups is 2. The van der Waals surface area contributed by atoms with E-state index in [1.807, 2.05) is 66.9 Å². The molecule has 30 heteroatoms. The van der Waals surface area contributed by atoms with Gasteiger partial charge in [0.15, 0.2) is 11.2 Å². The van der Waals surface area contributed by atoms with E-state index in [2.05, 4.69) is 19.9 Å². The molecule has 19 N–H and O–H groups in total. The molecule has 4 aromatic carbocycles. The lowest BCUT2D eigenvalue weighted by atomic mass is 9.88. The van der Waals surface area contributed by atoms with Crippen LogP contribution in [0, 0.1) is 0 Å². The van der Waals surface area contributed by atoms with Crippen molar-refractivity contribution in [1.29, 1.82) is 0 Å². The van der Waals surface area contributed by atoms with Gasteiger partial charge in [0.25, 0.3) is 5.78 Å². The highest BCUT2D eigenvalue weighted by Crippen LogP contribution is 2.27. The quantitative estimate of drug-likeness (QED) is 0.0342. The third-order valence-electron chi connectivity index (χ3n) is 12.2. The standard InChI is InChI=1S/C14H16N2O5.C14H13NO6.C11H12N2O2.C11H9NO3.C4H4O5.C3H4O3/c15-10(12(17)18)6-14(21,13(19)20)5-8-7-16-11-4-2-1-3-9(8)11;16-11(12(17)18)6-14(21,13(19)20)5-8-7-15-10-4-2-1-3-9(8)10;12-9(11(14)15)5-7-6-13-10-4-2-1-3-8(7)10;13-10(11(14)15)5-7-6-12-9-4-2-1-3-8(7)9;5-2(4(8)9)1-3(6)7;1-2(4)3(5)6/h1-4,7,10,16,21H,5-6,15H2,(H,17,18)(H,19,20);1-4,7,15,21H,5-6H2,(H,17,18)(H,19,20);1-4,6,9,13H,5,12H2,(H,14,15);1-4,6,12H,5H2,(H,14,15);1H2,(H,6,7)(H,8,9);1H3,(H,5,6)/p+1. The average Bonchev–Trinajstić information content (AvgIpc) is 3.40. The number of rotatable bonds is 22. The first-order valence-electron chi connectivity index (χ1n) is 25.0. The average molecular weight is 1210 g/mol. The number of ketones is 4. The van der Waals surface area contributed by atoms with Gasteiger partial charge < -0.3 is 87.6 Å². The van der Waals surface area contributed by atoms with Crippen molar-refractivity contribution in [1.82, 2.24) is 19.9 Å². The molecule has 0 amide bonds. The van der Waals surface area contributed by atoms with E-state index in [-0.39, 0.29) is 20.7 Å². The predicted octanol–water partition coefficient (Wildman–Crippen LogP) is 2.27. The molecule has 0 radical (unpaired) electrons. The van der Waals surface area contributed by atoms with Gasteiger partial charge in [0.05, 0.1) is 6.42 Å². The zero-order chi connectivity index (χ0) is 65.5. The molecule has 87 heavy (non-hydrogen) atoms. The van der Waals surface area contributed by atoms with Gasteiger partial charge in [0.1, 0.15) is 18.5 Å². The summed E-state index contributed by atoms with van der Waals surface area (Å²) in [5, 5.41) is 100. The first kappa shape index (κ1) is 70.1. The van der Waals surface area contributed by atoms with E-state index in [0.29, 0.717) is 22.9 Å². The lowest BCUT2D eigenvalue weighted by Crippen LogP contribution is -2.48. The van der Waals surface area contributed by atoms with Crippen molar-refractivity contribution in [3.8, 4) is 0 Å². The van der Waals surface area contributed by atoms with Crippen molar-refractivity contribution in [2.24, 2.45) is 11.5 Å². The number of carbonyl (C=O) groups excluding carboxylic acids is 4. The van der Waals surface area contributed by atoms with Gasteiger partial charge in [-0.1, -0.05) is 72.8 Å². The smallest absolute Gasteiger partial charge is 0.481 e. The highest BCUT2D eigenvalue weighted by Gasteiger charge is 2.41. The number of hydrogen-bond acceptors (Lipinski definition) is 17. The number of para-hydroxylation sites is 4. The van der Waals surface area contributed by atoms with Crippen LogP contribution in [0.1, 0.15) is 49.9 Å². The minimum absolute atomic E-state index is 0. The largest absolute Gasteiger partial charge is 1.00 e. The van der Waals surface area contributed by atoms with Crippen LogP contribution >= 0.6 is 0 Å². The number of carbonyl (C=O) groups is 13. The summed E-state index contributed by atoms with van der Waals surface area (Å²) in [5.41, 5.74) is 12.4. The van der Waals surface area contributed by atoms with Gasteiger partial charge in [-0.25, -0.2) is 28.8 Å². The minimum atomic E-state index is -2.46. The molecule has 0 aliphatic heterocycles. The summed E-state index contributed by atoms with van der Waals surface area (Å²) in [7, 11) is 0. The van der Waals surface area contributed by atoms with Crippen molar-refractivity contribution in [3.63, 3.8) is 0 Å². The number of hydrogen-bond donors (Lipinski definition) is 17. The van der Waals surface area contributed by atoms with Gasteiger partial charge in [-0.2, -0.15) is 0 Å². The fraction of sp³-hybridized carbons (Fsp3) is 0.211. The third-order valence-corrected chi connectivity index (χ3v) is 12.2. The van der Waals surface area contributed by atoms with Gasteiger partial charge in [0.2, 0.25) is 17.3 Å². The Morgan fingerprint density at radius 1 is 0.437 bits per heavy atom. The van der Waals surface area contributed by atoms with Crippen LogP contribution in [0.25, 0.3) is 43.6 Å². The van der Waals surface area contributed by atoms with Gasteiger partial charge in [0, 0.05) is 107 Å². The third kappa shape index (κ3) is 21.2. The first-order chi connectivity index (χ1) is 40.7. The lowest BCUT2D eigenvalue weighted by Gasteiger charge is -2.24. The van der Waals surface area contributed by atoms with Crippen molar-refractivity contribution < 1.29 is 120 Å². The second-order valence-corrected chi connectivity index (χ2v) is 18.7. The van der Waals surface area contributed by atoms with Crippen LogP contribution in [-0.2, 0) is 88.0 Å². The molecule has 460 valence electrons. The molecule has 4 unspecified atom stereocenters. The molecule has 4 aromatic heterocycles. The van der Waals surface area contributed by atoms with E-state index < -0.39 is 119 Å². The summed E-state index contributed by atoms with van der Waals surface area (Å²) >= 11 is 0. The highest BCUT2D eigenvalue weighted by molar-refractivity contribution is 6.36. The predicted molar refractivity (Wildman–Crippen MR) is 303 cm³/mol. The number of nitrogens with one attached hydrogen (secondary N) is 4. The molecule has 0 saturated heterocycles. The Hall–Kier alpha value is -11.2. The van der Waals surface area contributed by atoms with Crippen LogP contribution in [0.15, 0.2) is 122 Å². The first-order valence-corrected chi connectivity index (χ1v) is 25.0. The number of benzene rings is 4. The SMILES string of the molecule is CC(=O)C(=O)O.NC(CC(O)(Cc1c[nH]c2ccccc12)C(=O)O)C(=O)O.NC(Cc1c[nH]c2ccccc12)C(=O)O.O=C(O)C(=O)CC(O)(Cc1c[nH]c2ccccc12)C(=O)O.O=C(O)C(=O)Cc1c[nH]c2ccccc12.O=C(O)CC(=O)C(=O)O.[H+]. The van der Waals surface area contributed by atoms with Crippen LogP contribution in [0.2, 0.25) is 0 Å². The molecular weight excluding hydrogens is 1150 g/mol. The summed E-state index contributed by atoms with van der Waals surface area (Å²) in [6.45, 7) is 1.00. The number of H-pyrrole nitrogens is 4. The van der Waals surface area contributed by atoms with Crippen molar-refractivity contribution >= 4 is 120 Å². The van der Waals surface area contributed by atoms with Crippen LogP contribution in [-0.4, -0.2) is 176 Å². The zero-order valence-corrected chi connectivity index (χ0v) is 45.5. The summed E-state index contributed by atoms with van der Waals surface area (Å²) in [6.07, 6.45) is 3.79. The molecule has 8 rings (SSSR count). The summed E-state index contributed by atoms with van der Waals surface area (Å²) in [5.74, 6) is -17.4. The van der Waals surface area contributed by atoms with Crippen molar-refractivity contribution in [2.75, 3.05) is 0 Å². The molecule has 4 heterocycles. The Balaban J connectivity index is 0.000000373. The van der Waals surface area contributed by atoms with Gasteiger partial charge >= 0.3 is 55.2 Å². The van der Waals surface area contributed by atoms with Gasteiger partial charge in [-0.3, -0.25) is 33.6 Å². The number of fused-ring (bicyclic) bond motifs is 4. The molecule has 4 atom stereocenters. The Bertz CT molecular complexity index is 3850. The topological polar surface area (TPSA) is 560 Å². The fourth-order valence-electron chi connectivity index (χ4n) is 7.79. The Labute approximate surface area is 489 Å². The Morgan fingerprint density at radius 2 is 0.759 bits per heavy atom. The fourth-order valence-corrected chi connectivity index (χ4v) is 7.79. The summed E-state index contributed by atoms with van der Waals surface area (Å²) < 4.78 is 0. The van der Waals surface area contributed by atoms with Crippen LogP contribution in [0.4, 0.5) is 0 Å². The Kier molecular flexibility index (Phi) is 25.8. The van der Waals surface area contributed by atoms with Crippen LogP contribution in [0.5, 0.6) is 0 Å². The molecule has 0 fully saturated rings. The summed E-state index contributed by atoms with van der Waals surface area (Å²) in [6, 6.07) is 27.2. The molecule has 0 bridgehead atoms. The lowest BCUT2D eigenvalue weighted by molar-refractivity contribution is -0.164. The summed E-state index contributed by atoms with van der Waals surface area (Å²) in [4.78, 5) is 147. The van der Waals surface area contributed by atoms with E-state index >= 15 is 0 Å². The maximum absolute atomic E-state index is 11.3. The van der Waals surface area contributed by atoms with E-state index in [1.165, 1.54) is 6.20 Å². The molecule has 0 saturated carbocycles. The highest BCUT2D eigenvalue weighted by atomic mass is 16.4. The number of carboxylic acid groups (broad SMARTS) is 9. The van der Waals surface area contributed by atoms with Crippen molar-refractivity contribution in [2.45, 2.75) is 75.2 Å². The maximum atomic E-state index is 11.3. The number of aromatic amines is 4. The number of aromatic nitrogens is 4. The Morgan fingerprint density at radius 3 is 1.08 bits per heavy atom. The van der Waals surface area contributed by atoms with E-state index in [1.54, 1.807) is 48.8 Å². The van der Waals surface area contributed by atoms with E-state index in [9.17, 15) is 77.6 Å².